The minimum Gasteiger partial charge on any atom is -0.486 e. The second-order valence-corrected chi connectivity index (χ2v) is 5.71. The molecule has 0 fully saturated rings. The van der Waals surface area contributed by atoms with E-state index in [1.165, 1.54) is 17.4 Å². The highest BCUT2D eigenvalue weighted by Gasteiger charge is 2.08. The van der Waals surface area contributed by atoms with E-state index in [1.54, 1.807) is 0 Å². The molecule has 0 unspecified atom stereocenters. The van der Waals surface area contributed by atoms with E-state index in [2.05, 4.69) is 4.85 Å². The molecule has 2 rings (SSSR count). The zero-order valence-corrected chi connectivity index (χ0v) is 12.5. The molecule has 0 spiro atoms. The molecule has 5 heteroatoms. The van der Waals surface area contributed by atoms with E-state index < -0.39 is 5.97 Å². The van der Waals surface area contributed by atoms with Gasteiger partial charge in [0.2, 0.25) is 0 Å². The van der Waals surface area contributed by atoms with Crippen molar-refractivity contribution in [2.24, 2.45) is 0 Å². The third kappa shape index (κ3) is 3.50. The monoisotopic (exact) mass is 298 g/mol. The summed E-state index contributed by atoms with van der Waals surface area (Å²) in [6.45, 7) is 6.85. The topological polar surface area (TPSA) is 44.9 Å². The molecule has 1 aromatic heterocycles. The van der Waals surface area contributed by atoms with E-state index in [9.17, 15) is 4.79 Å². The molecule has 0 aliphatic carbocycles. The van der Waals surface area contributed by atoms with Crippen LogP contribution in [0.5, 0.6) is 0 Å². The smallest absolute Gasteiger partial charge is 0.333 e. The molecule has 0 aliphatic heterocycles. The predicted octanol–water partition coefficient (Wildman–Crippen LogP) is 3.83. The van der Waals surface area contributed by atoms with Crippen molar-refractivity contribution in [3.8, 4) is 10.4 Å². The Labute approximate surface area is 127 Å². The molecule has 0 saturated heterocycles. The SMILES string of the molecule is [C-]#[N+]/C(=C\c1ccc(-c2ccc(N(C)C)cc2)s1)C(=O)O. The van der Waals surface area contributed by atoms with Gasteiger partial charge < -0.3 is 10.0 Å². The zero-order valence-electron chi connectivity index (χ0n) is 11.7. The number of rotatable bonds is 4. The van der Waals surface area contributed by atoms with Gasteiger partial charge in [0, 0.05) is 29.5 Å². The fourth-order valence-corrected chi connectivity index (χ4v) is 2.74. The van der Waals surface area contributed by atoms with E-state index in [-0.39, 0.29) is 5.70 Å². The highest BCUT2D eigenvalue weighted by atomic mass is 32.1. The van der Waals surface area contributed by atoms with Crippen molar-refractivity contribution in [2.45, 2.75) is 0 Å². The van der Waals surface area contributed by atoms with Gasteiger partial charge in [-0.2, -0.15) is 0 Å². The highest BCUT2D eigenvalue weighted by Crippen LogP contribution is 2.30. The molecule has 0 radical (unpaired) electrons. The second-order valence-electron chi connectivity index (χ2n) is 4.59. The van der Waals surface area contributed by atoms with Crippen molar-refractivity contribution < 1.29 is 9.90 Å². The number of carbonyl (C=O) groups is 1. The molecule has 0 bridgehead atoms. The average molecular weight is 298 g/mol. The third-order valence-electron chi connectivity index (χ3n) is 2.91. The number of thiophene rings is 1. The third-order valence-corrected chi connectivity index (χ3v) is 3.99. The van der Waals surface area contributed by atoms with Crippen molar-refractivity contribution in [1.29, 1.82) is 0 Å². The van der Waals surface area contributed by atoms with Crippen LogP contribution >= 0.6 is 11.3 Å². The first-order valence-electron chi connectivity index (χ1n) is 6.21. The maximum absolute atomic E-state index is 10.8. The largest absolute Gasteiger partial charge is 0.486 e. The lowest BCUT2D eigenvalue weighted by molar-refractivity contribution is -0.132. The quantitative estimate of drug-likeness (QED) is 0.689. The normalized spacial score (nSPS) is 11.0. The number of carboxylic acids is 1. The van der Waals surface area contributed by atoms with Crippen LogP contribution in [0.3, 0.4) is 0 Å². The standard InChI is InChI=1S/C16H14N2O2S/c1-17-14(16(19)20)10-13-8-9-15(21-13)11-4-6-12(7-5-11)18(2)3/h4-10H,2-3H3,(H,19,20)/b14-10-. The van der Waals surface area contributed by atoms with Gasteiger partial charge in [0.25, 0.3) is 5.70 Å². The van der Waals surface area contributed by atoms with Crippen LogP contribution in [0.15, 0.2) is 42.1 Å². The van der Waals surface area contributed by atoms with Gasteiger partial charge in [0.05, 0.1) is 6.57 Å². The number of hydrogen-bond donors (Lipinski definition) is 1. The molecule has 2 aromatic rings. The Balaban J connectivity index is 2.28. The van der Waals surface area contributed by atoms with Gasteiger partial charge in [0.1, 0.15) is 0 Å². The minimum absolute atomic E-state index is 0.272. The van der Waals surface area contributed by atoms with Crippen LogP contribution in [0.4, 0.5) is 5.69 Å². The Morgan fingerprint density at radius 2 is 1.90 bits per heavy atom. The first kappa shape index (κ1) is 14.8. The molecule has 0 amide bonds. The number of benzene rings is 1. The van der Waals surface area contributed by atoms with Crippen LogP contribution < -0.4 is 4.90 Å². The summed E-state index contributed by atoms with van der Waals surface area (Å²) in [5, 5.41) is 8.86. The lowest BCUT2D eigenvalue weighted by Gasteiger charge is -2.12. The van der Waals surface area contributed by atoms with Gasteiger partial charge in [-0.1, -0.05) is 12.1 Å². The number of carboxylic acid groups (broad SMARTS) is 1. The zero-order chi connectivity index (χ0) is 15.4. The number of hydrogen-bond acceptors (Lipinski definition) is 3. The van der Waals surface area contributed by atoms with Gasteiger partial charge >= 0.3 is 5.97 Å². The van der Waals surface area contributed by atoms with Crippen LogP contribution in [0.25, 0.3) is 21.4 Å². The molecule has 0 aliphatic rings. The summed E-state index contributed by atoms with van der Waals surface area (Å²) in [6, 6.07) is 11.9. The molecule has 106 valence electrons. The number of nitrogens with zero attached hydrogens (tertiary/aromatic N) is 2. The first-order chi connectivity index (χ1) is 10.0. The van der Waals surface area contributed by atoms with Gasteiger partial charge in [-0.3, -0.25) is 4.79 Å². The Bertz CT molecular complexity index is 721. The number of aliphatic carboxylic acids is 1. The Kier molecular flexibility index (Phi) is 4.41. The molecule has 0 atom stereocenters. The lowest BCUT2D eigenvalue weighted by Crippen LogP contribution is -2.07. The van der Waals surface area contributed by atoms with Crippen molar-refractivity contribution in [3.05, 3.63) is 58.4 Å². The maximum Gasteiger partial charge on any atom is 0.333 e. The van der Waals surface area contributed by atoms with E-state index in [4.69, 9.17) is 11.7 Å². The highest BCUT2D eigenvalue weighted by molar-refractivity contribution is 7.16. The Hall–Kier alpha value is -2.58. The minimum atomic E-state index is -1.20. The van der Waals surface area contributed by atoms with E-state index in [0.29, 0.717) is 0 Å². The molecule has 4 nitrogen and oxygen atoms in total. The van der Waals surface area contributed by atoms with Crippen LogP contribution in [0, 0.1) is 6.57 Å². The predicted molar refractivity (Wildman–Crippen MR) is 86.3 cm³/mol. The molecular formula is C16H14N2O2S. The Morgan fingerprint density at radius 3 is 2.43 bits per heavy atom. The molecule has 1 aromatic carbocycles. The van der Waals surface area contributed by atoms with E-state index >= 15 is 0 Å². The van der Waals surface area contributed by atoms with Crippen molar-refractivity contribution in [3.63, 3.8) is 0 Å². The first-order valence-corrected chi connectivity index (χ1v) is 7.03. The van der Waals surface area contributed by atoms with Crippen molar-refractivity contribution >= 4 is 29.1 Å². The van der Waals surface area contributed by atoms with Crippen LogP contribution in [-0.2, 0) is 4.79 Å². The summed E-state index contributed by atoms with van der Waals surface area (Å²) < 4.78 is 0. The maximum atomic E-state index is 10.8. The molecule has 1 heterocycles. The fraction of sp³-hybridized carbons (Fsp3) is 0.125. The fourth-order valence-electron chi connectivity index (χ4n) is 1.79. The molecule has 0 saturated carbocycles. The lowest BCUT2D eigenvalue weighted by atomic mass is 10.1. The average Bonchev–Trinajstić information content (AvgIpc) is 2.93. The van der Waals surface area contributed by atoms with E-state index in [1.807, 2.05) is 55.4 Å². The Morgan fingerprint density at radius 1 is 1.24 bits per heavy atom. The van der Waals surface area contributed by atoms with Crippen molar-refractivity contribution in [1.82, 2.24) is 0 Å². The van der Waals surface area contributed by atoms with Crippen molar-refractivity contribution in [2.75, 3.05) is 19.0 Å². The second kappa shape index (κ2) is 6.25. The summed E-state index contributed by atoms with van der Waals surface area (Å²) in [5.41, 5.74) is 1.92. The van der Waals surface area contributed by atoms with Gasteiger partial charge in [-0.15, -0.1) is 11.3 Å². The van der Waals surface area contributed by atoms with Gasteiger partial charge in [0.15, 0.2) is 0 Å². The molecular weight excluding hydrogens is 284 g/mol. The summed E-state index contributed by atoms with van der Waals surface area (Å²) in [6.07, 6.45) is 1.40. The summed E-state index contributed by atoms with van der Waals surface area (Å²) >= 11 is 1.46. The molecule has 1 N–H and O–H groups in total. The summed E-state index contributed by atoms with van der Waals surface area (Å²) in [5.74, 6) is -1.20. The van der Waals surface area contributed by atoms with Gasteiger partial charge in [-0.05, 0) is 35.9 Å². The van der Waals surface area contributed by atoms with Crippen LogP contribution in [-0.4, -0.2) is 25.2 Å². The van der Waals surface area contributed by atoms with E-state index in [0.717, 1.165) is 21.0 Å². The van der Waals surface area contributed by atoms with Gasteiger partial charge in [-0.25, -0.2) is 4.85 Å². The van der Waals surface area contributed by atoms with Crippen LogP contribution in [0.2, 0.25) is 0 Å². The molecule has 21 heavy (non-hydrogen) atoms. The summed E-state index contributed by atoms with van der Waals surface area (Å²) in [4.78, 5) is 17.7. The van der Waals surface area contributed by atoms with Crippen LogP contribution in [0.1, 0.15) is 4.88 Å². The summed E-state index contributed by atoms with van der Waals surface area (Å²) in [7, 11) is 3.97. The number of anilines is 1.